The van der Waals surface area contributed by atoms with Crippen LogP contribution < -0.4 is 10.1 Å². The van der Waals surface area contributed by atoms with E-state index >= 15 is 0 Å². The molecule has 0 radical (unpaired) electrons. The lowest BCUT2D eigenvalue weighted by Crippen LogP contribution is -2.21. The number of rotatable bonds is 6. The van der Waals surface area contributed by atoms with Crippen LogP contribution in [0.5, 0.6) is 5.75 Å². The molecule has 20 heavy (non-hydrogen) atoms. The van der Waals surface area contributed by atoms with E-state index in [-0.39, 0.29) is 0 Å². The lowest BCUT2D eigenvalue weighted by molar-refractivity contribution is 0.307. The molecule has 0 amide bonds. The fraction of sp³-hybridized carbons (Fsp3) is 0.375. The molecule has 1 aromatic heterocycles. The van der Waals surface area contributed by atoms with Crippen LogP contribution in [0.25, 0.3) is 0 Å². The number of nitrogens with one attached hydrogen (secondary N) is 1. The smallest absolute Gasteiger partial charge is 0.122 e. The number of halogens is 1. The molecule has 0 saturated carbocycles. The molecule has 2 nitrogen and oxygen atoms in total. The maximum atomic E-state index is 5.94. The third-order valence-corrected chi connectivity index (χ3v) is 4.20. The van der Waals surface area contributed by atoms with Gasteiger partial charge in [-0.25, -0.2) is 0 Å². The van der Waals surface area contributed by atoms with Gasteiger partial charge in [0.1, 0.15) is 12.4 Å². The Morgan fingerprint density at radius 3 is 2.65 bits per heavy atom. The standard InChI is InChI=1S/C16H20ClNOS/c1-11(2)18-9-14-5-6-15(20-14)10-19-16-7-4-13(17)8-12(16)3/h4-8,11,18H,9-10H2,1-3H3. The quantitative estimate of drug-likeness (QED) is 0.828. The van der Waals surface area contributed by atoms with Crippen molar-refractivity contribution in [2.75, 3.05) is 0 Å². The van der Waals surface area contributed by atoms with Crippen LogP contribution in [0.15, 0.2) is 30.3 Å². The summed E-state index contributed by atoms with van der Waals surface area (Å²) in [6.45, 7) is 7.84. The molecule has 0 bridgehead atoms. The van der Waals surface area contributed by atoms with E-state index in [4.69, 9.17) is 16.3 Å². The van der Waals surface area contributed by atoms with E-state index in [1.54, 1.807) is 11.3 Å². The molecule has 2 rings (SSSR count). The molecule has 0 spiro atoms. The first-order valence-corrected chi connectivity index (χ1v) is 7.94. The van der Waals surface area contributed by atoms with Crippen LogP contribution in [-0.2, 0) is 13.2 Å². The van der Waals surface area contributed by atoms with Gasteiger partial charge in [-0.05, 0) is 42.8 Å². The maximum absolute atomic E-state index is 5.94. The van der Waals surface area contributed by atoms with Crippen LogP contribution in [0.1, 0.15) is 29.2 Å². The fourth-order valence-electron chi connectivity index (χ4n) is 1.82. The van der Waals surface area contributed by atoms with E-state index in [0.29, 0.717) is 12.6 Å². The van der Waals surface area contributed by atoms with Crippen LogP contribution in [0.3, 0.4) is 0 Å². The Bertz CT molecular complexity index is 565. The van der Waals surface area contributed by atoms with Crippen LogP contribution in [0, 0.1) is 6.92 Å². The van der Waals surface area contributed by atoms with Gasteiger partial charge in [0, 0.05) is 27.4 Å². The Kier molecular flexibility index (Phi) is 5.46. The molecule has 0 saturated heterocycles. The minimum atomic E-state index is 0.508. The second-order valence-electron chi connectivity index (χ2n) is 5.10. The zero-order valence-electron chi connectivity index (χ0n) is 12.1. The Hall–Kier alpha value is -1.03. The molecule has 0 aliphatic heterocycles. The Morgan fingerprint density at radius 2 is 1.95 bits per heavy atom. The summed E-state index contributed by atoms with van der Waals surface area (Å²) < 4.78 is 5.85. The molecule has 0 aliphatic rings. The van der Waals surface area contributed by atoms with Crippen LogP contribution in [0.4, 0.5) is 0 Å². The third kappa shape index (κ3) is 4.51. The molecule has 4 heteroatoms. The molecular weight excluding hydrogens is 290 g/mol. The largest absolute Gasteiger partial charge is 0.488 e. The first kappa shape index (κ1) is 15.4. The number of thiophene rings is 1. The first-order valence-electron chi connectivity index (χ1n) is 6.74. The van der Waals surface area contributed by atoms with E-state index in [9.17, 15) is 0 Å². The molecule has 1 N–H and O–H groups in total. The Balaban J connectivity index is 1.90. The van der Waals surface area contributed by atoms with Gasteiger partial charge >= 0.3 is 0 Å². The monoisotopic (exact) mass is 309 g/mol. The van der Waals surface area contributed by atoms with Crippen molar-refractivity contribution in [2.24, 2.45) is 0 Å². The van der Waals surface area contributed by atoms with Crippen molar-refractivity contribution in [2.45, 2.75) is 40.0 Å². The van der Waals surface area contributed by atoms with Gasteiger partial charge in [0.2, 0.25) is 0 Å². The number of hydrogen-bond acceptors (Lipinski definition) is 3. The van der Waals surface area contributed by atoms with E-state index in [1.165, 1.54) is 9.75 Å². The molecule has 0 unspecified atom stereocenters. The average molecular weight is 310 g/mol. The van der Waals surface area contributed by atoms with Gasteiger partial charge in [0.05, 0.1) is 0 Å². The summed E-state index contributed by atoms with van der Waals surface area (Å²) in [5.74, 6) is 0.893. The van der Waals surface area contributed by atoms with Crippen molar-refractivity contribution in [3.8, 4) is 5.75 Å². The van der Waals surface area contributed by atoms with Gasteiger partial charge in [0.25, 0.3) is 0 Å². The van der Waals surface area contributed by atoms with E-state index in [2.05, 4.69) is 31.3 Å². The van der Waals surface area contributed by atoms with Crippen LogP contribution >= 0.6 is 22.9 Å². The highest BCUT2D eigenvalue weighted by atomic mass is 35.5. The van der Waals surface area contributed by atoms with Crippen molar-refractivity contribution in [1.29, 1.82) is 0 Å². The van der Waals surface area contributed by atoms with E-state index < -0.39 is 0 Å². The van der Waals surface area contributed by atoms with Gasteiger partial charge in [-0.3, -0.25) is 0 Å². The summed E-state index contributed by atoms with van der Waals surface area (Å²) in [5, 5.41) is 4.16. The zero-order valence-corrected chi connectivity index (χ0v) is 13.6. The first-order chi connectivity index (χ1) is 9.54. The normalized spacial score (nSPS) is 11.1. The summed E-state index contributed by atoms with van der Waals surface area (Å²) in [4.78, 5) is 2.57. The van der Waals surface area contributed by atoms with Gasteiger partial charge in [-0.2, -0.15) is 0 Å². The molecule has 0 aliphatic carbocycles. The number of ether oxygens (including phenoxy) is 1. The highest BCUT2D eigenvalue weighted by molar-refractivity contribution is 7.11. The number of benzene rings is 1. The van der Waals surface area contributed by atoms with E-state index in [1.807, 2.05) is 25.1 Å². The average Bonchev–Trinajstić information content (AvgIpc) is 2.83. The van der Waals surface area contributed by atoms with Crippen LogP contribution in [0.2, 0.25) is 5.02 Å². The molecule has 1 heterocycles. The van der Waals surface area contributed by atoms with E-state index in [0.717, 1.165) is 22.9 Å². The Labute approximate surface area is 129 Å². The summed E-state index contributed by atoms with van der Waals surface area (Å²) in [5.41, 5.74) is 1.07. The second-order valence-corrected chi connectivity index (χ2v) is 6.79. The van der Waals surface area contributed by atoms with Crippen molar-refractivity contribution >= 4 is 22.9 Å². The molecule has 0 atom stereocenters. The van der Waals surface area contributed by atoms with Gasteiger partial charge in [0.15, 0.2) is 0 Å². The summed E-state index contributed by atoms with van der Waals surface area (Å²) in [7, 11) is 0. The third-order valence-electron chi connectivity index (χ3n) is 2.91. The summed E-state index contributed by atoms with van der Waals surface area (Å²) in [6, 6.07) is 10.5. The van der Waals surface area contributed by atoms with Crippen molar-refractivity contribution in [1.82, 2.24) is 5.32 Å². The van der Waals surface area contributed by atoms with Crippen molar-refractivity contribution < 1.29 is 4.74 Å². The number of hydrogen-bond donors (Lipinski definition) is 1. The van der Waals surface area contributed by atoms with Crippen LogP contribution in [-0.4, -0.2) is 6.04 Å². The van der Waals surface area contributed by atoms with Gasteiger partial charge in [-0.15, -0.1) is 11.3 Å². The summed E-state index contributed by atoms with van der Waals surface area (Å²) >= 11 is 7.73. The molecule has 108 valence electrons. The maximum Gasteiger partial charge on any atom is 0.122 e. The minimum absolute atomic E-state index is 0.508. The van der Waals surface area contributed by atoms with Crippen molar-refractivity contribution in [3.63, 3.8) is 0 Å². The summed E-state index contributed by atoms with van der Waals surface area (Å²) in [6.07, 6.45) is 0. The lowest BCUT2D eigenvalue weighted by atomic mass is 10.2. The number of aryl methyl sites for hydroxylation is 1. The molecule has 1 aromatic carbocycles. The Morgan fingerprint density at radius 1 is 1.20 bits per heavy atom. The fourth-order valence-corrected chi connectivity index (χ4v) is 2.93. The highest BCUT2D eigenvalue weighted by Crippen LogP contribution is 2.24. The molecule has 0 fully saturated rings. The van der Waals surface area contributed by atoms with Gasteiger partial charge in [-0.1, -0.05) is 25.4 Å². The molecular formula is C16H20ClNOS. The predicted molar refractivity (Wildman–Crippen MR) is 86.8 cm³/mol. The zero-order chi connectivity index (χ0) is 14.5. The minimum Gasteiger partial charge on any atom is -0.488 e. The van der Waals surface area contributed by atoms with Gasteiger partial charge < -0.3 is 10.1 Å². The SMILES string of the molecule is Cc1cc(Cl)ccc1OCc1ccc(CNC(C)C)s1. The topological polar surface area (TPSA) is 21.3 Å². The highest BCUT2D eigenvalue weighted by Gasteiger charge is 2.04. The lowest BCUT2D eigenvalue weighted by Gasteiger charge is -2.08. The van der Waals surface area contributed by atoms with Crippen molar-refractivity contribution in [3.05, 3.63) is 50.7 Å². The molecule has 2 aromatic rings. The second kappa shape index (κ2) is 7.11. The predicted octanol–water partition coefficient (Wildman–Crippen LogP) is 4.79.